The fourth-order valence-corrected chi connectivity index (χ4v) is 3.81. The summed E-state index contributed by atoms with van der Waals surface area (Å²) in [5.74, 6) is 0.122. The molecule has 0 heterocycles. The Morgan fingerprint density at radius 3 is 1.85 bits per heavy atom. The van der Waals surface area contributed by atoms with Crippen molar-refractivity contribution < 1.29 is 4.79 Å². The zero-order chi connectivity index (χ0) is 17.5. The molecule has 1 aliphatic carbocycles. The van der Waals surface area contributed by atoms with Crippen LogP contribution in [0.2, 0.25) is 0 Å². The van der Waals surface area contributed by atoms with Crippen LogP contribution in [-0.2, 0) is 0 Å². The monoisotopic (exact) mass is 332 g/mol. The Morgan fingerprint density at radius 2 is 1.00 bits per heavy atom. The van der Waals surface area contributed by atoms with Crippen LogP contribution in [0.25, 0.3) is 33.4 Å². The van der Waals surface area contributed by atoms with Crippen molar-refractivity contribution in [3.05, 3.63) is 108 Å². The summed E-state index contributed by atoms with van der Waals surface area (Å²) in [5.41, 5.74) is 8.30. The van der Waals surface area contributed by atoms with Gasteiger partial charge >= 0.3 is 0 Å². The smallest absolute Gasteiger partial charge is 0.194 e. The Balaban J connectivity index is 1.72. The maximum absolute atomic E-state index is 12.8. The molecule has 0 atom stereocenters. The summed E-state index contributed by atoms with van der Waals surface area (Å²) >= 11 is 0. The molecule has 0 aromatic heterocycles. The molecule has 0 unspecified atom stereocenters. The maximum Gasteiger partial charge on any atom is 0.194 e. The summed E-state index contributed by atoms with van der Waals surface area (Å²) in [6.07, 6.45) is 0. The zero-order valence-electron chi connectivity index (χ0n) is 14.1. The molecule has 122 valence electrons. The zero-order valence-corrected chi connectivity index (χ0v) is 14.1. The molecule has 0 aliphatic heterocycles. The van der Waals surface area contributed by atoms with E-state index >= 15 is 0 Å². The topological polar surface area (TPSA) is 17.1 Å². The van der Waals surface area contributed by atoms with Crippen LogP contribution in [0.1, 0.15) is 15.9 Å². The Morgan fingerprint density at radius 1 is 0.423 bits per heavy atom. The van der Waals surface area contributed by atoms with Crippen LogP contribution in [-0.4, -0.2) is 5.78 Å². The first-order valence-electron chi connectivity index (χ1n) is 8.76. The number of ketones is 1. The lowest BCUT2D eigenvalue weighted by atomic mass is 9.92. The second kappa shape index (κ2) is 5.82. The van der Waals surface area contributed by atoms with Gasteiger partial charge in [0.25, 0.3) is 0 Å². The summed E-state index contributed by atoms with van der Waals surface area (Å²) in [4.78, 5) is 12.8. The summed E-state index contributed by atoms with van der Waals surface area (Å²) in [7, 11) is 0. The van der Waals surface area contributed by atoms with Crippen LogP contribution >= 0.6 is 0 Å². The van der Waals surface area contributed by atoms with Gasteiger partial charge in [0, 0.05) is 16.7 Å². The fraction of sp³-hybridized carbons (Fsp3) is 0. The van der Waals surface area contributed by atoms with Crippen LogP contribution in [0, 0.1) is 0 Å². The van der Waals surface area contributed by atoms with Crippen molar-refractivity contribution in [2.75, 3.05) is 0 Å². The van der Waals surface area contributed by atoms with Crippen LogP contribution in [0.3, 0.4) is 0 Å². The van der Waals surface area contributed by atoms with Crippen molar-refractivity contribution in [2.45, 2.75) is 0 Å². The van der Waals surface area contributed by atoms with E-state index in [0.717, 1.165) is 33.4 Å². The predicted octanol–water partition coefficient (Wildman–Crippen LogP) is 6.23. The number of hydrogen-bond acceptors (Lipinski definition) is 1. The molecule has 5 rings (SSSR count). The highest BCUT2D eigenvalue weighted by Crippen LogP contribution is 2.43. The summed E-state index contributed by atoms with van der Waals surface area (Å²) in [5, 5.41) is 0. The van der Waals surface area contributed by atoms with Gasteiger partial charge < -0.3 is 0 Å². The van der Waals surface area contributed by atoms with Crippen molar-refractivity contribution in [2.24, 2.45) is 0 Å². The van der Waals surface area contributed by atoms with Gasteiger partial charge in [-0.3, -0.25) is 4.79 Å². The lowest BCUT2D eigenvalue weighted by molar-refractivity contribution is 0.104. The van der Waals surface area contributed by atoms with E-state index in [1.165, 1.54) is 11.1 Å². The molecule has 0 saturated heterocycles. The molecule has 0 radical (unpaired) electrons. The molecule has 0 spiro atoms. The molecule has 1 nitrogen and oxygen atoms in total. The summed E-state index contributed by atoms with van der Waals surface area (Å²) in [6.45, 7) is 0. The highest BCUT2D eigenvalue weighted by molar-refractivity contribution is 6.23. The van der Waals surface area contributed by atoms with Crippen molar-refractivity contribution in [1.29, 1.82) is 0 Å². The first-order chi connectivity index (χ1) is 12.8. The minimum Gasteiger partial charge on any atom is -0.289 e. The minimum atomic E-state index is 0.122. The van der Waals surface area contributed by atoms with Crippen molar-refractivity contribution >= 4 is 5.78 Å². The van der Waals surface area contributed by atoms with E-state index in [1.807, 2.05) is 42.5 Å². The van der Waals surface area contributed by atoms with Crippen LogP contribution in [0.5, 0.6) is 0 Å². The summed E-state index contributed by atoms with van der Waals surface area (Å²) in [6, 6.07) is 32.8. The highest BCUT2D eigenvalue weighted by atomic mass is 16.1. The van der Waals surface area contributed by atoms with Gasteiger partial charge in [-0.1, -0.05) is 91.0 Å². The highest BCUT2D eigenvalue weighted by Gasteiger charge is 2.28. The molecular formula is C25H16O. The van der Waals surface area contributed by atoms with Gasteiger partial charge in [0.15, 0.2) is 5.78 Å². The van der Waals surface area contributed by atoms with Gasteiger partial charge in [-0.2, -0.15) is 0 Å². The van der Waals surface area contributed by atoms with Crippen LogP contribution in [0.4, 0.5) is 0 Å². The second-order valence-corrected chi connectivity index (χ2v) is 6.55. The van der Waals surface area contributed by atoms with Gasteiger partial charge in [-0.05, 0) is 33.9 Å². The third kappa shape index (κ3) is 2.21. The quantitative estimate of drug-likeness (QED) is 0.374. The summed E-state index contributed by atoms with van der Waals surface area (Å²) < 4.78 is 0. The van der Waals surface area contributed by atoms with E-state index in [1.54, 1.807) is 0 Å². The van der Waals surface area contributed by atoms with Crippen molar-refractivity contribution in [3.8, 4) is 33.4 Å². The number of carbonyl (C=O) groups is 1. The number of fused-ring (bicyclic) bond motifs is 3. The Labute approximate surface area is 152 Å². The molecule has 4 aromatic rings. The second-order valence-electron chi connectivity index (χ2n) is 6.55. The van der Waals surface area contributed by atoms with E-state index < -0.39 is 0 Å². The normalized spacial score (nSPS) is 11.9. The van der Waals surface area contributed by atoms with Gasteiger partial charge in [0.2, 0.25) is 0 Å². The van der Waals surface area contributed by atoms with Gasteiger partial charge in [-0.15, -0.1) is 0 Å². The molecule has 0 bridgehead atoms. The number of benzene rings is 4. The Hall–Kier alpha value is -3.45. The number of carbonyl (C=O) groups excluding carboxylic acids is 1. The van der Waals surface area contributed by atoms with Crippen molar-refractivity contribution in [1.82, 2.24) is 0 Å². The molecule has 26 heavy (non-hydrogen) atoms. The SMILES string of the molecule is O=C1c2ccccc2-c2c1cccc2-c1cccc(-c2ccccc2)c1. The molecule has 1 heteroatoms. The third-order valence-electron chi connectivity index (χ3n) is 5.03. The molecular weight excluding hydrogens is 316 g/mol. The number of hydrogen-bond donors (Lipinski definition) is 0. The number of rotatable bonds is 2. The Kier molecular flexibility index (Phi) is 3.32. The molecule has 0 fully saturated rings. The van der Waals surface area contributed by atoms with Gasteiger partial charge in [0.1, 0.15) is 0 Å². The maximum atomic E-state index is 12.8. The Bertz CT molecular complexity index is 1140. The third-order valence-corrected chi connectivity index (χ3v) is 5.03. The van der Waals surface area contributed by atoms with Crippen LogP contribution in [0.15, 0.2) is 97.1 Å². The lowest BCUT2D eigenvalue weighted by Crippen LogP contribution is -1.94. The predicted molar refractivity (Wildman–Crippen MR) is 106 cm³/mol. The van der Waals surface area contributed by atoms with E-state index in [9.17, 15) is 4.79 Å². The van der Waals surface area contributed by atoms with E-state index in [2.05, 4.69) is 54.6 Å². The largest absolute Gasteiger partial charge is 0.289 e. The molecule has 0 saturated carbocycles. The first kappa shape index (κ1) is 14.9. The average Bonchev–Trinajstić information content (AvgIpc) is 3.02. The van der Waals surface area contributed by atoms with E-state index in [0.29, 0.717) is 0 Å². The fourth-order valence-electron chi connectivity index (χ4n) is 3.81. The van der Waals surface area contributed by atoms with E-state index in [4.69, 9.17) is 0 Å². The van der Waals surface area contributed by atoms with E-state index in [-0.39, 0.29) is 5.78 Å². The standard InChI is InChI=1S/C25H16O/c26-25-22-13-5-4-12-21(22)24-20(14-7-15-23(24)25)19-11-6-10-18(16-19)17-8-2-1-3-9-17/h1-16H. The van der Waals surface area contributed by atoms with Gasteiger partial charge in [0.05, 0.1) is 0 Å². The van der Waals surface area contributed by atoms with Crippen LogP contribution < -0.4 is 0 Å². The first-order valence-corrected chi connectivity index (χ1v) is 8.76. The molecule has 0 amide bonds. The molecule has 0 N–H and O–H groups in total. The van der Waals surface area contributed by atoms with Gasteiger partial charge in [-0.25, -0.2) is 0 Å². The van der Waals surface area contributed by atoms with Crippen molar-refractivity contribution in [3.63, 3.8) is 0 Å². The average molecular weight is 332 g/mol. The molecule has 4 aromatic carbocycles. The minimum absolute atomic E-state index is 0.122. The molecule has 1 aliphatic rings. The lowest BCUT2D eigenvalue weighted by Gasteiger charge is -2.11.